The van der Waals surface area contributed by atoms with E-state index in [9.17, 15) is 9.18 Å². The van der Waals surface area contributed by atoms with E-state index in [-0.39, 0.29) is 29.5 Å². The van der Waals surface area contributed by atoms with Gasteiger partial charge in [-0.25, -0.2) is 4.39 Å². The fourth-order valence-corrected chi connectivity index (χ4v) is 2.79. The first-order valence-corrected chi connectivity index (χ1v) is 7.30. The molecule has 1 heterocycles. The van der Waals surface area contributed by atoms with Crippen LogP contribution in [0.5, 0.6) is 0 Å². The van der Waals surface area contributed by atoms with Gasteiger partial charge in [0.05, 0.1) is 6.61 Å². The van der Waals surface area contributed by atoms with Crippen molar-refractivity contribution in [2.75, 3.05) is 33.4 Å². The molecule has 1 saturated heterocycles. The normalized spacial score (nSPS) is 16.7. The highest BCUT2D eigenvalue weighted by molar-refractivity contribution is 5.94. The number of carbonyl (C=O) groups is 1. The van der Waals surface area contributed by atoms with Gasteiger partial charge in [-0.1, -0.05) is 0 Å². The quantitative estimate of drug-likeness (QED) is 0.871. The fraction of sp³-hybridized carbons (Fsp3) is 0.562. The van der Waals surface area contributed by atoms with E-state index in [0.717, 1.165) is 25.9 Å². The second-order valence-electron chi connectivity index (χ2n) is 5.83. The van der Waals surface area contributed by atoms with Crippen LogP contribution < -0.4 is 10.6 Å². The third kappa shape index (κ3) is 4.66. The number of benzene rings is 1. The monoisotopic (exact) mass is 330 g/mol. The molecule has 0 bridgehead atoms. The lowest BCUT2D eigenvalue weighted by Crippen LogP contribution is -2.47. The molecule has 124 valence electrons. The molecule has 0 unspecified atom stereocenters. The second-order valence-corrected chi connectivity index (χ2v) is 5.83. The predicted molar refractivity (Wildman–Crippen MR) is 87.1 cm³/mol. The molecule has 0 spiro atoms. The number of rotatable bonds is 5. The van der Waals surface area contributed by atoms with Crippen molar-refractivity contribution >= 4 is 18.3 Å². The van der Waals surface area contributed by atoms with Crippen LogP contribution in [0.4, 0.5) is 4.39 Å². The van der Waals surface area contributed by atoms with Gasteiger partial charge in [0.1, 0.15) is 5.82 Å². The summed E-state index contributed by atoms with van der Waals surface area (Å²) in [6, 6.07) is 4.43. The number of amides is 1. The summed E-state index contributed by atoms with van der Waals surface area (Å²) in [5.74, 6) is -0.451. The zero-order valence-electron chi connectivity index (χ0n) is 13.1. The van der Waals surface area contributed by atoms with Crippen LogP contribution in [0.3, 0.4) is 0 Å². The molecule has 1 aliphatic rings. The molecule has 1 aromatic carbocycles. The third-order valence-electron chi connectivity index (χ3n) is 4.16. The molecule has 1 aromatic rings. The summed E-state index contributed by atoms with van der Waals surface area (Å²) in [6.07, 6.45) is 1.95. The predicted octanol–water partition coefficient (Wildman–Crippen LogP) is 2.30. The summed E-state index contributed by atoms with van der Waals surface area (Å²) in [5, 5.41) is 6.29. The van der Waals surface area contributed by atoms with Gasteiger partial charge in [0.15, 0.2) is 0 Å². The van der Waals surface area contributed by atoms with Crippen LogP contribution in [-0.2, 0) is 4.74 Å². The Morgan fingerprint density at radius 2 is 2.09 bits per heavy atom. The van der Waals surface area contributed by atoms with E-state index in [1.807, 2.05) is 0 Å². The number of hydrogen-bond donors (Lipinski definition) is 2. The van der Waals surface area contributed by atoms with Crippen molar-refractivity contribution in [2.45, 2.75) is 19.8 Å². The standard InChI is InChI=1S/C16H23FN2O2.ClH/c1-12-9-13(3-4-14(12)17)15(20)19-10-16(11-21-2)5-7-18-8-6-16;/h3-4,9,18H,5-8,10-11H2,1-2H3,(H,19,20);1H. The Morgan fingerprint density at radius 1 is 1.41 bits per heavy atom. The molecule has 0 radical (unpaired) electrons. The number of aryl methyl sites for hydroxylation is 1. The van der Waals surface area contributed by atoms with Crippen LogP contribution in [0.25, 0.3) is 0 Å². The Bertz CT molecular complexity index is 499. The lowest BCUT2D eigenvalue weighted by molar-refractivity contribution is 0.0511. The van der Waals surface area contributed by atoms with Crippen LogP contribution in [-0.4, -0.2) is 39.3 Å². The third-order valence-corrected chi connectivity index (χ3v) is 4.16. The molecule has 22 heavy (non-hydrogen) atoms. The molecule has 2 rings (SSSR count). The molecule has 1 amide bonds. The lowest BCUT2D eigenvalue weighted by atomic mass is 9.79. The summed E-state index contributed by atoms with van der Waals surface area (Å²) >= 11 is 0. The van der Waals surface area contributed by atoms with Crippen molar-refractivity contribution in [3.8, 4) is 0 Å². The summed E-state index contributed by atoms with van der Waals surface area (Å²) in [5.41, 5.74) is 0.969. The van der Waals surface area contributed by atoms with Gasteiger partial charge >= 0.3 is 0 Å². The van der Waals surface area contributed by atoms with E-state index < -0.39 is 0 Å². The summed E-state index contributed by atoms with van der Waals surface area (Å²) in [7, 11) is 1.69. The Labute approximate surface area is 137 Å². The Kier molecular flexibility index (Phi) is 7.26. The van der Waals surface area contributed by atoms with E-state index in [2.05, 4.69) is 10.6 Å². The number of piperidine rings is 1. The largest absolute Gasteiger partial charge is 0.384 e. The van der Waals surface area contributed by atoms with Gasteiger partial charge in [-0.2, -0.15) is 0 Å². The molecule has 0 saturated carbocycles. The molecule has 1 aliphatic heterocycles. The number of nitrogens with one attached hydrogen (secondary N) is 2. The van der Waals surface area contributed by atoms with Crippen LogP contribution in [0.2, 0.25) is 0 Å². The Morgan fingerprint density at radius 3 is 2.68 bits per heavy atom. The van der Waals surface area contributed by atoms with Gasteiger partial charge in [0, 0.05) is 24.6 Å². The average molecular weight is 331 g/mol. The van der Waals surface area contributed by atoms with Crippen LogP contribution in [0.15, 0.2) is 18.2 Å². The molecular weight excluding hydrogens is 307 g/mol. The second kappa shape index (κ2) is 8.46. The maximum absolute atomic E-state index is 13.2. The van der Waals surface area contributed by atoms with Crippen molar-refractivity contribution in [1.82, 2.24) is 10.6 Å². The van der Waals surface area contributed by atoms with Crippen molar-refractivity contribution in [3.63, 3.8) is 0 Å². The summed E-state index contributed by atoms with van der Waals surface area (Å²) in [6.45, 7) is 4.75. The van der Waals surface area contributed by atoms with Crippen LogP contribution in [0, 0.1) is 18.2 Å². The fourth-order valence-electron chi connectivity index (χ4n) is 2.79. The van der Waals surface area contributed by atoms with Crippen molar-refractivity contribution in [3.05, 3.63) is 35.1 Å². The first kappa shape index (κ1) is 18.9. The van der Waals surface area contributed by atoms with Crippen molar-refractivity contribution < 1.29 is 13.9 Å². The van der Waals surface area contributed by atoms with E-state index in [1.165, 1.54) is 12.1 Å². The highest BCUT2D eigenvalue weighted by Gasteiger charge is 2.32. The minimum atomic E-state index is -0.291. The van der Waals surface area contributed by atoms with Crippen LogP contribution >= 0.6 is 12.4 Å². The first-order chi connectivity index (χ1) is 10.1. The Hall–Kier alpha value is -1.17. The smallest absolute Gasteiger partial charge is 0.251 e. The molecule has 6 heteroatoms. The maximum atomic E-state index is 13.2. The Balaban J connectivity index is 0.00000242. The lowest BCUT2D eigenvalue weighted by Gasteiger charge is -2.37. The SMILES string of the molecule is COCC1(CNC(=O)c2ccc(F)c(C)c2)CCNCC1.Cl. The van der Waals surface area contributed by atoms with Gasteiger partial charge in [-0.3, -0.25) is 4.79 Å². The summed E-state index contributed by atoms with van der Waals surface area (Å²) in [4.78, 5) is 12.2. The first-order valence-electron chi connectivity index (χ1n) is 7.30. The molecule has 4 nitrogen and oxygen atoms in total. The number of methoxy groups -OCH3 is 1. The molecule has 0 atom stereocenters. The zero-order chi connectivity index (χ0) is 15.3. The van der Waals surface area contributed by atoms with E-state index in [0.29, 0.717) is 24.3 Å². The summed E-state index contributed by atoms with van der Waals surface area (Å²) < 4.78 is 18.6. The minimum Gasteiger partial charge on any atom is -0.384 e. The van der Waals surface area contributed by atoms with E-state index in [4.69, 9.17) is 4.74 Å². The van der Waals surface area contributed by atoms with E-state index >= 15 is 0 Å². The highest BCUT2D eigenvalue weighted by Crippen LogP contribution is 2.28. The zero-order valence-corrected chi connectivity index (χ0v) is 13.9. The number of hydrogen-bond acceptors (Lipinski definition) is 3. The van der Waals surface area contributed by atoms with Gasteiger partial charge in [-0.05, 0) is 56.6 Å². The topological polar surface area (TPSA) is 50.4 Å². The van der Waals surface area contributed by atoms with Crippen molar-refractivity contribution in [2.24, 2.45) is 5.41 Å². The molecule has 1 fully saturated rings. The molecular formula is C16H24ClFN2O2. The number of carbonyl (C=O) groups excluding carboxylic acids is 1. The van der Waals surface area contributed by atoms with Crippen molar-refractivity contribution in [1.29, 1.82) is 0 Å². The highest BCUT2D eigenvalue weighted by atomic mass is 35.5. The van der Waals surface area contributed by atoms with Gasteiger partial charge in [0.2, 0.25) is 0 Å². The van der Waals surface area contributed by atoms with Crippen LogP contribution in [0.1, 0.15) is 28.8 Å². The molecule has 2 N–H and O–H groups in total. The maximum Gasteiger partial charge on any atom is 0.251 e. The minimum absolute atomic E-state index is 0. The van der Waals surface area contributed by atoms with E-state index in [1.54, 1.807) is 20.1 Å². The molecule has 0 aromatic heterocycles. The van der Waals surface area contributed by atoms with Gasteiger partial charge in [0.25, 0.3) is 5.91 Å². The number of halogens is 2. The van der Waals surface area contributed by atoms with Gasteiger partial charge < -0.3 is 15.4 Å². The average Bonchev–Trinajstić information content (AvgIpc) is 2.49. The van der Waals surface area contributed by atoms with Gasteiger partial charge in [-0.15, -0.1) is 12.4 Å². The molecule has 0 aliphatic carbocycles. The number of ether oxygens (including phenoxy) is 1.